The first-order valence-corrected chi connectivity index (χ1v) is 10.4. The van der Waals surface area contributed by atoms with Crippen molar-refractivity contribution in [2.75, 3.05) is 33.3 Å². The molecule has 2 aliphatic rings. The Balaban J connectivity index is 1.35. The number of nitrogens with zero attached hydrogens (tertiary/aromatic N) is 4. The van der Waals surface area contributed by atoms with E-state index in [4.69, 9.17) is 4.74 Å². The number of hydrogen-bond acceptors (Lipinski definition) is 4. The number of likely N-dealkylation sites (tertiary alicyclic amines) is 2. The van der Waals surface area contributed by atoms with E-state index in [1.807, 2.05) is 17.2 Å². The van der Waals surface area contributed by atoms with Gasteiger partial charge in [0.05, 0.1) is 7.11 Å². The summed E-state index contributed by atoms with van der Waals surface area (Å²) >= 11 is 0. The molecule has 3 heterocycles. The molecule has 2 aliphatic heterocycles. The summed E-state index contributed by atoms with van der Waals surface area (Å²) in [5.74, 6) is 0.698. The number of benzene rings is 1. The zero-order valence-corrected chi connectivity index (χ0v) is 17.0. The maximum atomic E-state index is 14.3. The summed E-state index contributed by atoms with van der Waals surface area (Å²) < 4.78 is 21.3. The summed E-state index contributed by atoms with van der Waals surface area (Å²) in [5.41, 5.74) is 0.807. The van der Waals surface area contributed by atoms with Crippen molar-refractivity contribution in [3.05, 3.63) is 48.0 Å². The molecule has 0 N–H and O–H groups in total. The third-order valence-corrected chi connectivity index (χ3v) is 6.29. The lowest BCUT2D eigenvalue weighted by atomic mass is 9.79. The lowest BCUT2D eigenvalue weighted by Crippen LogP contribution is -2.45. The molecule has 1 unspecified atom stereocenters. The lowest BCUT2D eigenvalue weighted by Gasteiger charge is -2.40. The first kappa shape index (κ1) is 19.9. The number of halogens is 1. The van der Waals surface area contributed by atoms with Crippen LogP contribution in [0.4, 0.5) is 4.39 Å². The molecular weight excluding hydrogens is 371 g/mol. The Morgan fingerprint density at radius 3 is 2.97 bits per heavy atom. The van der Waals surface area contributed by atoms with Gasteiger partial charge in [-0.1, -0.05) is 0 Å². The first-order chi connectivity index (χ1) is 14.1. The Labute approximate surface area is 171 Å². The Morgan fingerprint density at radius 1 is 1.28 bits per heavy atom. The minimum absolute atomic E-state index is 0.134. The Bertz CT molecular complexity index is 841. The summed E-state index contributed by atoms with van der Waals surface area (Å²) in [6, 6.07) is 6.79. The van der Waals surface area contributed by atoms with Crippen LogP contribution in [-0.4, -0.2) is 58.8 Å². The van der Waals surface area contributed by atoms with Crippen molar-refractivity contribution in [2.45, 2.75) is 38.8 Å². The Morgan fingerprint density at radius 2 is 2.17 bits per heavy atom. The normalized spacial score (nSPS) is 22.3. The van der Waals surface area contributed by atoms with Crippen LogP contribution in [-0.2, 0) is 17.9 Å². The highest BCUT2D eigenvalue weighted by Crippen LogP contribution is 2.39. The van der Waals surface area contributed by atoms with Gasteiger partial charge in [-0.15, -0.1) is 0 Å². The Hall–Kier alpha value is -2.41. The Kier molecular flexibility index (Phi) is 5.85. The van der Waals surface area contributed by atoms with E-state index in [0.717, 1.165) is 45.4 Å². The molecule has 0 radical (unpaired) electrons. The highest BCUT2D eigenvalue weighted by atomic mass is 19.1. The van der Waals surface area contributed by atoms with Crippen molar-refractivity contribution in [3.8, 4) is 5.75 Å². The standard InChI is InChI=1S/C22H29FN4O2/c1-29-19-4-5-20(23)18(14-19)15-25-10-2-7-22(16-25)8-13-26(17-22)21(28)6-12-27-11-3-9-24-27/h3-5,9,11,14H,2,6-8,10,12-13,15-17H2,1H3. The van der Waals surface area contributed by atoms with Crippen LogP contribution in [0.2, 0.25) is 0 Å². The van der Waals surface area contributed by atoms with Crippen LogP contribution < -0.4 is 4.74 Å². The monoisotopic (exact) mass is 400 g/mol. The zero-order valence-electron chi connectivity index (χ0n) is 17.0. The highest BCUT2D eigenvalue weighted by Gasteiger charge is 2.42. The SMILES string of the molecule is COc1ccc(F)c(CN2CCCC3(CCN(C(=O)CCn4cccn4)C3)C2)c1. The fourth-order valence-electron chi connectivity index (χ4n) is 4.77. The minimum Gasteiger partial charge on any atom is -0.497 e. The first-order valence-electron chi connectivity index (χ1n) is 10.4. The van der Waals surface area contributed by atoms with Gasteiger partial charge in [0.2, 0.25) is 5.91 Å². The fraction of sp³-hybridized carbons (Fsp3) is 0.545. The number of aromatic nitrogens is 2. The molecule has 1 amide bonds. The van der Waals surface area contributed by atoms with Crippen LogP contribution in [0.25, 0.3) is 0 Å². The molecule has 1 aromatic heterocycles. The topological polar surface area (TPSA) is 50.6 Å². The summed E-state index contributed by atoms with van der Waals surface area (Å²) in [7, 11) is 1.60. The van der Waals surface area contributed by atoms with E-state index in [1.54, 1.807) is 30.1 Å². The van der Waals surface area contributed by atoms with Crippen LogP contribution in [0.1, 0.15) is 31.2 Å². The number of rotatable bonds is 6. The molecule has 4 rings (SSSR count). The minimum atomic E-state index is -0.188. The molecule has 0 saturated carbocycles. The van der Waals surface area contributed by atoms with Gasteiger partial charge in [-0.25, -0.2) is 4.39 Å². The second kappa shape index (κ2) is 8.53. The number of methoxy groups -OCH3 is 1. The van der Waals surface area contributed by atoms with Gasteiger partial charge in [0.1, 0.15) is 11.6 Å². The molecule has 1 atom stereocenters. The molecular formula is C22H29FN4O2. The van der Waals surface area contributed by atoms with Crippen molar-refractivity contribution >= 4 is 5.91 Å². The van der Waals surface area contributed by atoms with Gasteiger partial charge in [-0.05, 0) is 50.1 Å². The van der Waals surface area contributed by atoms with Crippen molar-refractivity contribution < 1.29 is 13.9 Å². The number of piperidine rings is 1. The quantitative estimate of drug-likeness (QED) is 0.748. The molecule has 0 bridgehead atoms. The average Bonchev–Trinajstić information content (AvgIpc) is 3.38. The van der Waals surface area contributed by atoms with Gasteiger partial charge in [0, 0.05) is 62.5 Å². The van der Waals surface area contributed by atoms with Gasteiger partial charge in [0.25, 0.3) is 0 Å². The van der Waals surface area contributed by atoms with E-state index in [2.05, 4.69) is 10.00 Å². The molecule has 0 aliphatic carbocycles. The predicted octanol–water partition coefficient (Wildman–Crippen LogP) is 2.94. The molecule has 156 valence electrons. The van der Waals surface area contributed by atoms with Crippen molar-refractivity contribution in [1.82, 2.24) is 19.6 Å². The molecule has 29 heavy (non-hydrogen) atoms. The average molecular weight is 400 g/mol. The number of aryl methyl sites for hydroxylation is 1. The van der Waals surface area contributed by atoms with E-state index in [9.17, 15) is 9.18 Å². The van der Waals surface area contributed by atoms with Crippen LogP contribution in [0.3, 0.4) is 0 Å². The van der Waals surface area contributed by atoms with E-state index < -0.39 is 0 Å². The summed E-state index contributed by atoms with van der Waals surface area (Å²) in [5, 5.41) is 4.17. The van der Waals surface area contributed by atoms with Crippen LogP contribution in [0.5, 0.6) is 5.75 Å². The molecule has 2 aromatic rings. The van der Waals surface area contributed by atoms with Gasteiger partial charge in [0.15, 0.2) is 0 Å². The number of amides is 1. The molecule has 2 saturated heterocycles. The van der Waals surface area contributed by atoms with Crippen molar-refractivity contribution in [1.29, 1.82) is 0 Å². The van der Waals surface area contributed by atoms with Gasteiger partial charge < -0.3 is 9.64 Å². The number of carbonyl (C=O) groups excluding carboxylic acids is 1. The highest BCUT2D eigenvalue weighted by molar-refractivity contribution is 5.76. The maximum Gasteiger partial charge on any atom is 0.224 e. The van der Waals surface area contributed by atoms with Crippen molar-refractivity contribution in [3.63, 3.8) is 0 Å². The van der Waals surface area contributed by atoms with Crippen LogP contribution >= 0.6 is 0 Å². The fourth-order valence-corrected chi connectivity index (χ4v) is 4.77. The zero-order chi connectivity index (χ0) is 20.3. The van der Waals surface area contributed by atoms with E-state index in [1.165, 1.54) is 6.07 Å². The lowest BCUT2D eigenvalue weighted by molar-refractivity contribution is -0.131. The van der Waals surface area contributed by atoms with Gasteiger partial charge in [-0.3, -0.25) is 14.4 Å². The summed E-state index contributed by atoms with van der Waals surface area (Å²) in [6.07, 6.45) is 7.34. The predicted molar refractivity (Wildman–Crippen MR) is 108 cm³/mol. The second-order valence-corrected chi connectivity index (χ2v) is 8.36. The number of carbonyl (C=O) groups is 1. The molecule has 1 spiro atoms. The van der Waals surface area contributed by atoms with E-state index in [-0.39, 0.29) is 17.1 Å². The van der Waals surface area contributed by atoms with Gasteiger partial charge in [-0.2, -0.15) is 5.10 Å². The smallest absolute Gasteiger partial charge is 0.224 e. The summed E-state index contributed by atoms with van der Waals surface area (Å²) in [6.45, 7) is 4.70. The van der Waals surface area contributed by atoms with Crippen LogP contribution in [0, 0.1) is 11.2 Å². The number of hydrogen-bond donors (Lipinski definition) is 0. The molecule has 1 aromatic carbocycles. The number of ether oxygens (including phenoxy) is 1. The maximum absolute atomic E-state index is 14.3. The van der Waals surface area contributed by atoms with Crippen molar-refractivity contribution in [2.24, 2.45) is 5.41 Å². The van der Waals surface area contributed by atoms with E-state index in [0.29, 0.717) is 30.8 Å². The molecule has 7 heteroatoms. The van der Waals surface area contributed by atoms with Gasteiger partial charge >= 0.3 is 0 Å². The van der Waals surface area contributed by atoms with Crippen LogP contribution in [0.15, 0.2) is 36.7 Å². The third kappa shape index (κ3) is 4.61. The molecule has 2 fully saturated rings. The largest absolute Gasteiger partial charge is 0.497 e. The third-order valence-electron chi connectivity index (χ3n) is 6.29. The second-order valence-electron chi connectivity index (χ2n) is 8.36. The van der Waals surface area contributed by atoms with E-state index >= 15 is 0 Å². The molecule has 6 nitrogen and oxygen atoms in total. The summed E-state index contributed by atoms with van der Waals surface area (Å²) in [4.78, 5) is 17.0.